The lowest BCUT2D eigenvalue weighted by Gasteiger charge is -2.23. The summed E-state index contributed by atoms with van der Waals surface area (Å²) in [6, 6.07) is 11.3. The van der Waals surface area contributed by atoms with Gasteiger partial charge in [0.05, 0.1) is 5.02 Å². The Morgan fingerprint density at radius 2 is 1.52 bits per heavy atom. The van der Waals surface area contributed by atoms with Crippen molar-refractivity contribution in [1.82, 2.24) is 0 Å². The van der Waals surface area contributed by atoms with Gasteiger partial charge in [-0.2, -0.15) is 0 Å². The molecule has 0 saturated heterocycles. The van der Waals surface area contributed by atoms with E-state index in [1.807, 2.05) is 19.1 Å². The molecule has 4 nitrogen and oxygen atoms in total. The number of hydrogen-bond acceptors (Lipinski definition) is 2. The number of amides is 2. The molecule has 0 radical (unpaired) electrons. The van der Waals surface area contributed by atoms with E-state index in [1.165, 1.54) is 26.0 Å². The van der Waals surface area contributed by atoms with Crippen LogP contribution in [0.3, 0.4) is 0 Å². The molecule has 0 fully saturated rings. The van der Waals surface area contributed by atoms with Crippen LogP contribution in [0.15, 0.2) is 42.5 Å². The molecule has 132 valence electrons. The lowest BCUT2D eigenvalue weighted by molar-refractivity contribution is -0.135. The van der Waals surface area contributed by atoms with E-state index in [1.54, 1.807) is 12.1 Å². The molecule has 0 unspecified atom stereocenters. The maximum atomic E-state index is 13.2. The van der Waals surface area contributed by atoms with Crippen molar-refractivity contribution in [3.05, 3.63) is 58.9 Å². The molecule has 2 rings (SSSR count). The third-order valence-corrected chi connectivity index (χ3v) is 4.22. The predicted molar refractivity (Wildman–Crippen MR) is 98.3 cm³/mol. The zero-order valence-electron chi connectivity index (χ0n) is 14.3. The van der Waals surface area contributed by atoms with Crippen molar-refractivity contribution < 1.29 is 14.0 Å². The van der Waals surface area contributed by atoms with Crippen LogP contribution in [0, 0.1) is 11.2 Å². The first kappa shape index (κ1) is 18.9. The summed E-state index contributed by atoms with van der Waals surface area (Å²) in [6.45, 7) is 5.08. The molecule has 2 aromatic rings. The maximum absolute atomic E-state index is 13.2. The van der Waals surface area contributed by atoms with Crippen molar-refractivity contribution in [2.24, 2.45) is 5.41 Å². The topological polar surface area (TPSA) is 58.2 Å². The average Bonchev–Trinajstić information content (AvgIpc) is 2.58. The first-order valence-electron chi connectivity index (χ1n) is 7.91. The van der Waals surface area contributed by atoms with Gasteiger partial charge in [0.2, 0.25) is 11.8 Å². The summed E-state index contributed by atoms with van der Waals surface area (Å²) >= 11 is 5.70. The van der Waals surface area contributed by atoms with Gasteiger partial charge in [-0.05, 0) is 56.2 Å². The van der Waals surface area contributed by atoms with Gasteiger partial charge in [0.1, 0.15) is 11.2 Å². The summed E-state index contributed by atoms with van der Waals surface area (Å²) in [5, 5.41) is 5.22. The summed E-state index contributed by atoms with van der Waals surface area (Å²) in [5.41, 5.74) is 0.769. The molecule has 0 spiro atoms. The monoisotopic (exact) mass is 362 g/mol. The van der Waals surface area contributed by atoms with Crippen LogP contribution in [-0.2, 0) is 16.0 Å². The Balaban J connectivity index is 2.08. The van der Waals surface area contributed by atoms with E-state index in [4.69, 9.17) is 11.6 Å². The quantitative estimate of drug-likeness (QED) is 0.761. The van der Waals surface area contributed by atoms with Crippen LogP contribution >= 0.6 is 11.6 Å². The fourth-order valence-electron chi connectivity index (χ4n) is 2.08. The minimum atomic E-state index is -1.33. The first-order valence-corrected chi connectivity index (χ1v) is 8.28. The molecule has 0 aliphatic rings. The van der Waals surface area contributed by atoms with Crippen LogP contribution in [0.5, 0.6) is 0 Å². The highest BCUT2D eigenvalue weighted by molar-refractivity contribution is 6.31. The zero-order chi connectivity index (χ0) is 18.6. The highest BCUT2D eigenvalue weighted by Crippen LogP contribution is 2.24. The van der Waals surface area contributed by atoms with Gasteiger partial charge < -0.3 is 10.6 Å². The average molecular weight is 363 g/mol. The van der Waals surface area contributed by atoms with Crippen LogP contribution in [-0.4, -0.2) is 11.8 Å². The van der Waals surface area contributed by atoms with Crippen molar-refractivity contribution in [3.8, 4) is 0 Å². The fraction of sp³-hybridized carbons (Fsp3) is 0.263. The van der Waals surface area contributed by atoms with Crippen LogP contribution in [0.4, 0.5) is 15.8 Å². The number of carbonyl (C=O) groups is 2. The highest BCUT2D eigenvalue weighted by Gasteiger charge is 2.36. The molecule has 0 saturated carbocycles. The van der Waals surface area contributed by atoms with Crippen molar-refractivity contribution >= 4 is 34.8 Å². The molecule has 2 N–H and O–H groups in total. The van der Waals surface area contributed by atoms with Crippen molar-refractivity contribution in [2.45, 2.75) is 27.2 Å². The predicted octanol–water partition coefficient (Wildman–Crippen LogP) is 4.64. The number of hydrogen-bond donors (Lipinski definition) is 2. The van der Waals surface area contributed by atoms with Crippen LogP contribution in [0.1, 0.15) is 26.3 Å². The molecule has 0 aromatic heterocycles. The van der Waals surface area contributed by atoms with Gasteiger partial charge in [-0.25, -0.2) is 4.39 Å². The molecule has 0 heterocycles. The number of halogens is 2. The number of rotatable bonds is 5. The minimum Gasteiger partial charge on any atom is -0.325 e. The van der Waals surface area contributed by atoms with Crippen molar-refractivity contribution in [1.29, 1.82) is 0 Å². The number of anilines is 2. The summed E-state index contributed by atoms with van der Waals surface area (Å²) in [6.07, 6.45) is 0.905. The normalized spacial score (nSPS) is 11.1. The van der Waals surface area contributed by atoms with E-state index in [9.17, 15) is 14.0 Å². The highest BCUT2D eigenvalue weighted by atomic mass is 35.5. The molecule has 0 bridgehead atoms. The van der Waals surface area contributed by atoms with Gasteiger partial charge in [0.15, 0.2) is 0 Å². The molecule has 0 atom stereocenters. The standard InChI is InChI=1S/C19H20ClFN2O2/c1-4-12-5-7-13(8-6-12)22-17(24)19(2,3)18(25)23-14-9-10-16(21)15(20)11-14/h5-11H,4H2,1-3H3,(H,22,24)(H,23,25). The third kappa shape index (κ3) is 4.57. The largest absolute Gasteiger partial charge is 0.325 e. The Morgan fingerprint density at radius 1 is 1.00 bits per heavy atom. The van der Waals surface area contributed by atoms with Crippen LogP contribution in [0.25, 0.3) is 0 Å². The second-order valence-corrected chi connectivity index (χ2v) is 6.62. The van der Waals surface area contributed by atoms with E-state index in [-0.39, 0.29) is 5.02 Å². The maximum Gasteiger partial charge on any atom is 0.239 e. The summed E-state index contributed by atoms with van der Waals surface area (Å²) in [4.78, 5) is 24.9. The van der Waals surface area contributed by atoms with Gasteiger partial charge in [0, 0.05) is 11.4 Å². The van der Waals surface area contributed by atoms with Gasteiger partial charge in [-0.3, -0.25) is 9.59 Å². The fourth-order valence-corrected chi connectivity index (χ4v) is 2.26. The molecular formula is C19H20ClFN2O2. The summed E-state index contributed by atoms with van der Waals surface area (Å²) in [5.74, 6) is -1.53. The molecule has 0 aliphatic heterocycles. The SMILES string of the molecule is CCc1ccc(NC(=O)C(C)(C)C(=O)Nc2ccc(F)c(Cl)c2)cc1. The van der Waals surface area contributed by atoms with Crippen molar-refractivity contribution in [2.75, 3.05) is 10.6 Å². The molecular weight excluding hydrogens is 343 g/mol. The Morgan fingerprint density at radius 3 is 2.04 bits per heavy atom. The summed E-state index contributed by atoms with van der Waals surface area (Å²) < 4.78 is 13.2. The Bertz CT molecular complexity index is 789. The van der Waals surface area contributed by atoms with Gasteiger partial charge in [-0.1, -0.05) is 30.7 Å². The third-order valence-electron chi connectivity index (χ3n) is 3.93. The molecule has 6 heteroatoms. The molecule has 2 aromatic carbocycles. The lowest BCUT2D eigenvalue weighted by atomic mass is 9.90. The second-order valence-electron chi connectivity index (χ2n) is 6.21. The van der Waals surface area contributed by atoms with Crippen LogP contribution in [0.2, 0.25) is 5.02 Å². The molecule has 2 amide bonds. The number of benzene rings is 2. The number of carbonyl (C=O) groups excluding carboxylic acids is 2. The number of aryl methyl sites for hydroxylation is 1. The number of nitrogens with one attached hydrogen (secondary N) is 2. The van der Waals surface area contributed by atoms with E-state index in [2.05, 4.69) is 10.6 Å². The Kier molecular flexibility index (Phi) is 5.80. The van der Waals surface area contributed by atoms with Gasteiger partial charge in [0.25, 0.3) is 0 Å². The van der Waals surface area contributed by atoms with Crippen LogP contribution < -0.4 is 10.6 Å². The lowest BCUT2D eigenvalue weighted by Crippen LogP contribution is -2.41. The van der Waals surface area contributed by atoms with E-state index < -0.39 is 23.0 Å². The van der Waals surface area contributed by atoms with E-state index in [0.29, 0.717) is 11.4 Å². The minimum absolute atomic E-state index is 0.101. The molecule has 25 heavy (non-hydrogen) atoms. The molecule has 0 aliphatic carbocycles. The van der Waals surface area contributed by atoms with Crippen molar-refractivity contribution in [3.63, 3.8) is 0 Å². The zero-order valence-corrected chi connectivity index (χ0v) is 15.1. The van der Waals surface area contributed by atoms with E-state index >= 15 is 0 Å². The summed E-state index contributed by atoms with van der Waals surface area (Å²) in [7, 11) is 0. The van der Waals surface area contributed by atoms with E-state index in [0.717, 1.165) is 18.1 Å². The Hall–Kier alpha value is -2.40. The first-order chi connectivity index (χ1) is 11.7. The smallest absolute Gasteiger partial charge is 0.239 e. The van der Waals surface area contributed by atoms with Gasteiger partial charge in [-0.15, -0.1) is 0 Å². The van der Waals surface area contributed by atoms with Gasteiger partial charge >= 0.3 is 0 Å². The second kappa shape index (κ2) is 7.66. The Labute approximate surface area is 151 Å².